The average Bonchev–Trinajstić information content (AvgIpc) is 3.38. The Labute approximate surface area is 167 Å². The first-order valence-electron chi connectivity index (χ1n) is 8.96. The Morgan fingerprint density at radius 1 is 1.04 bits per heavy atom. The highest BCUT2D eigenvalue weighted by Crippen LogP contribution is 2.40. The first kappa shape index (κ1) is 18.3. The van der Waals surface area contributed by atoms with Crippen molar-refractivity contribution in [2.75, 3.05) is 0 Å². The Hall–Kier alpha value is -3.12. The number of likely N-dealkylation sites (tertiary alicyclic amines) is 1. The molecule has 28 heavy (non-hydrogen) atoms. The van der Waals surface area contributed by atoms with Crippen molar-refractivity contribution < 1.29 is 14.7 Å². The van der Waals surface area contributed by atoms with Gasteiger partial charge < -0.3 is 10.0 Å². The van der Waals surface area contributed by atoms with E-state index in [9.17, 15) is 14.7 Å². The zero-order valence-corrected chi connectivity index (χ0v) is 15.7. The first-order chi connectivity index (χ1) is 13.6. The Balaban J connectivity index is 1.67. The molecule has 2 atom stereocenters. The topological polar surface area (TPSA) is 75.4 Å². The smallest absolute Gasteiger partial charge is 0.326 e. The number of halogens is 1. The van der Waals surface area contributed by atoms with Crippen molar-refractivity contribution in [2.45, 2.75) is 24.9 Å². The average molecular weight is 396 g/mol. The summed E-state index contributed by atoms with van der Waals surface area (Å²) >= 11 is 6.33. The van der Waals surface area contributed by atoms with E-state index in [0.717, 1.165) is 11.3 Å². The maximum Gasteiger partial charge on any atom is 0.326 e. The van der Waals surface area contributed by atoms with Crippen LogP contribution in [0.2, 0.25) is 5.02 Å². The second-order valence-electron chi connectivity index (χ2n) is 6.68. The van der Waals surface area contributed by atoms with E-state index in [0.29, 0.717) is 23.4 Å². The van der Waals surface area contributed by atoms with Gasteiger partial charge in [0.1, 0.15) is 6.04 Å². The molecule has 0 unspecified atom stereocenters. The zero-order chi connectivity index (χ0) is 19.7. The molecule has 1 aliphatic rings. The van der Waals surface area contributed by atoms with Crippen molar-refractivity contribution in [2.24, 2.45) is 0 Å². The van der Waals surface area contributed by atoms with Gasteiger partial charge in [0.2, 0.25) is 0 Å². The van der Waals surface area contributed by atoms with Gasteiger partial charge in [-0.05, 0) is 54.8 Å². The van der Waals surface area contributed by atoms with Crippen molar-refractivity contribution in [3.63, 3.8) is 0 Å². The molecular formula is C21H18ClN3O3. The summed E-state index contributed by atoms with van der Waals surface area (Å²) in [6, 6.07) is 14.8. The molecule has 6 nitrogen and oxygen atoms in total. The van der Waals surface area contributed by atoms with Crippen LogP contribution in [0.3, 0.4) is 0 Å². The van der Waals surface area contributed by atoms with E-state index in [1.54, 1.807) is 41.2 Å². The van der Waals surface area contributed by atoms with Crippen LogP contribution in [-0.2, 0) is 4.79 Å². The predicted molar refractivity (Wildman–Crippen MR) is 105 cm³/mol. The SMILES string of the molecule is O=C(O)[C@@H]1CC[C@H](c2ccccc2Cl)N1C(=O)c1ccc(-n2cccn2)cc1. The number of carboxylic acid groups (broad SMARTS) is 1. The first-order valence-corrected chi connectivity index (χ1v) is 9.34. The van der Waals surface area contributed by atoms with E-state index in [-0.39, 0.29) is 11.9 Å². The standard InChI is InChI=1S/C21H18ClN3O3/c22-17-5-2-1-4-16(17)18-10-11-19(21(27)28)25(18)20(26)14-6-8-15(9-7-14)24-13-3-12-23-24/h1-9,12-13,18-19H,10-11H2,(H,27,28)/t18-,19+/m1/s1. The molecule has 2 aromatic carbocycles. The molecule has 0 saturated carbocycles. The van der Waals surface area contributed by atoms with E-state index in [2.05, 4.69) is 5.10 Å². The summed E-state index contributed by atoms with van der Waals surface area (Å²) in [7, 11) is 0. The van der Waals surface area contributed by atoms with Crippen LogP contribution in [0.4, 0.5) is 0 Å². The molecule has 2 heterocycles. The lowest BCUT2D eigenvalue weighted by molar-refractivity contribution is -0.141. The number of rotatable bonds is 4. The minimum Gasteiger partial charge on any atom is -0.480 e. The second kappa shape index (κ2) is 7.48. The molecule has 1 amide bonds. The molecule has 1 aromatic heterocycles. The summed E-state index contributed by atoms with van der Waals surface area (Å²) in [6.45, 7) is 0. The fraction of sp³-hybridized carbons (Fsp3) is 0.190. The summed E-state index contributed by atoms with van der Waals surface area (Å²) in [5, 5.41) is 14.3. The number of nitrogens with zero attached hydrogens (tertiary/aromatic N) is 3. The summed E-state index contributed by atoms with van der Waals surface area (Å²) in [5.74, 6) is -1.32. The molecule has 4 rings (SSSR count). The Morgan fingerprint density at radius 2 is 1.79 bits per heavy atom. The van der Waals surface area contributed by atoms with Gasteiger partial charge in [-0.25, -0.2) is 9.48 Å². The maximum absolute atomic E-state index is 13.3. The van der Waals surface area contributed by atoms with Crippen LogP contribution in [0.1, 0.15) is 34.8 Å². The minimum atomic E-state index is -1.00. The summed E-state index contributed by atoms with van der Waals surface area (Å²) in [6.07, 6.45) is 4.43. The zero-order valence-electron chi connectivity index (χ0n) is 14.9. The number of amides is 1. The highest BCUT2D eigenvalue weighted by atomic mass is 35.5. The largest absolute Gasteiger partial charge is 0.480 e. The number of carbonyl (C=O) groups excluding carboxylic acids is 1. The van der Waals surface area contributed by atoms with Crippen molar-refractivity contribution in [1.82, 2.24) is 14.7 Å². The second-order valence-corrected chi connectivity index (χ2v) is 7.09. The molecule has 1 saturated heterocycles. The van der Waals surface area contributed by atoms with Gasteiger partial charge >= 0.3 is 5.97 Å². The number of aromatic nitrogens is 2. The van der Waals surface area contributed by atoms with Gasteiger partial charge in [0.25, 0.3) is 5.91 Å². The van der Waals surface area contributed by atoms with Gasteiger partial charge in [0.15, 0.2) is 0 Å². The maximum atomic E-state index is 13.3. The number of hydrogen-bond acceptors (Lipinski definition) is 3. The third-order valence-corrected chi connectivity index (χ3v) is 5.40. The normalized spacial score (nSPS) is 19.0. The lowest BCUT2D eigenvalue weighted by Crippen LogP contribution is -2.41. The van der Waals surface area contributed by atoms with Crippen LogP contribution < -0.4 is 0 Å². The fourth-order valence-corrected chi connectivity index (χ4v) is 3.98. The molecule has 0 radical (unpaired) electrons. The van der Waals surface area contributed by atoms with E-state index >= 15 is 0 Å². The third kappa shape index (κ3) is 3.27. The molecule has 0 bridgehead atoms. The van der Waals surface area contributed by atoms with E-state index in [1.165, 1.54) is 4.90 Å². The number of carbonyl (C=O) groups is 2. The summed E-state index contributed by atoms with van der Waals surface area (Å²) in [5.41, 5.74) is 2.02. The number of aliphatic carboxylic acids is 1. The Kier molecular flexibility index (Phi) is 4.88. The van der Waals surface area contributed by atoms with Gasteiger partial charge in [0.05, 0.1) is 11.7 Å². The van der Waals surface area contributed by atoms with Gasteiger partial charge in [0, 0.05) is 23.0 Å². The van der Waals surface area contributed by atoms with Gasteiger partial charge in [-0.3, -0.25) is 4.79 Å². The molecular weight excluding hydrogens is 378 g/mol. The van der Waals surface area contributed by atoms with Crippen LogP contribution in [0.5, 0.6) is 0 Å². The third-order valence-electron chi connectivity index (χ3n) is 5.05. The summed E-state index contributed by atoms with van der Waals surface area (Å²) < 4.78 is 1.69. The van der Waals surface area contributed by atoms with Crippen LogP contribution in [0.25, 0.3) is 5.69 Å². The molecule has 142 valence electrons. The molecule has 3 aromatic rings. The lowest BCUT2D eigenvalue weighted by atomic mass is 10.0. The number of carboxylic acids is 1. The quantitative estimate of drug-likeness (QED) is 0.725. The molecule has 1 N–H and O–H groups in total. The fourth-order valence-electron chi connectivity index (χ4n) is 3.71. The Morgan fingerprint density at radius 3 is 2.43 bits per heavy atom. The molecule has 1 aliphatic heterocycles. The monoisotopic (exact) mass is 395 g/mol. The van der Waals surface area contributed by atoms with E-state index in [4.69, 9.17) is 11.6 Å². The minimum absolute atomic E-state index is 0.318. The van der Waals surface area contributed by atoms with Crippen LogP contribution in [-0.4, -0.2) is 37.7 Å². The van der Waals surface area contributed by atoms with Crippen molar-refractivity contribution in [3.05, 3.63) is 83.1 Å². The van der Waals surface area contributed by atoms with E-state index < -0.39 is 12.0 Å². The van der Waals surface area contributed by atoms with Crippen molar-refractivity contribution in [3.8, 4) is 5.69 Å². The van der Waals surface area contributed by atoms with Crippen LogP contribution in [0, 0.1) is 0 Å². The number of hydrogen-bond donors (Lipinski definition) is 1. The van der Waals surface area contributed by atoms with Crippen molar-refractivity contribution >= 4 is 23.5 Å². The number of benzene rings is 2. The van der Waals surface area contributed by atoms with Gasteiger partial charge in [-0.2, -0.15) is 5.10 Å². The van der Waals surface area contributed by atoms with Crippen LogP contribution in [0.15, 0.2) is 67.0 Å². The highest BCUT2D eigenvalue weighted by Gasteiger charge is 2.42. The highest BCUT2D eigenvalue weighted by molar-refractivity contribution is 6.31. The lowest BCUT2D eigenvalue weighted by Gasteiger charge is -2.29. The van der Waals surface area contributed by atoms with Gasteiger partial charge in [-0.1, -0.05) is 29.8 Å². The van der Waals surface area contributed by atoms with Crippen LogP contribution >= 0.6 is 11.6 Å². The predicted octanol–water partition coefficient (Wildman–Crippen LogP) is 3.96. The van der Waals surface area contributed by atoms with E-state index in [1.807, 2.05) is 30.5 Å². The molecule has 0 spiro atoms. The summed E-state index contributed by atoms with van der Waals surface area (Å²) in [4.78, 5) is 26.5. The molecule has 1 fully saturated rings. The molecule has 0 aliphatic carbocycles. The Bertz CT molecular complexity index is 1000. The molecule has 7 heteroatoms. The van der Waals surface area contributed by atoms with Gasteiger partial charge in [-0.15, -0.1) is 0 Å². The van der Waals surface area contributed by atoms with Crippen molar-refractivity contribution in [1.29, 1.82) is 0 Å².